The lowest BCUT2D eigenvalue weighted by Gasteiger charge is -2.38. The van der Waals surface area contributed by atoms with E-state index in [2.05, 4.69) is 64.6 Å². The molecule has 23 heavy (non-hydrogen) atoms. The SMILES string of the molecule is CC(C)c1cccc(C(C)C)c1N1CC2(CCCC2)CC1(C)C. The third-order valence-corrected chi connectivity index (χ3v) is 6.31. The van der Waals surface area contributed by atoms with E-state index in [1.54, 1.807) is 16.8 Å². The molecule has 1 saturated carbocycles. The number of benzene rings is 1. The Morgan fingerprint density at radius 1 is 0.913 bits per heavy atom. The van der Waals surface area contributed by atoms with Gasteiger partial charge in [0.05, 0.1) is 0 Å². The van der Waals surface area contributed by atoms with Crippen LogP contribution in [0.1, 0.15) is 96.6 Å². The summed E-state index contributed by atoms with van der Waals surface area (Å²) in [6.07, 6.45) is 7.12. The quantitative estimate of drug-likeness (QED) is 0.617. The van der Waals surface area contributed by atoms with Crippen LogP contribution in [0, 0.1) is 5.41 Å². The van der Waals surface area contributed by atoms with E-state index in [1.165, 1.54) is 38.6 Å². The molecule has 1 heterocycles. The lowest BCUT2D eigenvalue weighted by atomic mass is 9.81. The van der Waals surface area contributed by atoms with Crippen LogP contribution in [0.25, 0.3) is 0 Å². The van der Waals surface area contributed by atoms with Crippen LogP contribution >= 0.6 is 0 Å². The van der Waals surface area contributed by atoms with Crippen molar-refractivity contribution in [3.8, 4) is 0 Å². The van der Waals surface area contributed by atoms with Crippen LogP contribution in [0.5, 0.6) is 0 Å². The van der Waals surface area contributed by atoms with E-state index >= 15 is 0 Å². The van der Waals surface area contributed by atoms with Crippen molar-refractivity contribution in [3.05, 3.63) is 29.3 Å². The fraction of sp³-hybridized carbons (Fsp3) is 0.727. The van der Waals surface area contributed by atoms with Gasteiger partial charge in [0.2, 0.25) is 0 Å². The van der Waals surface area contributed by atoms with Crippen molar-refractivity contribution < 1.29 is 0 Å². The molecule has 0 amide bonds. The zero-order valence-electron chi connectivity index (χ0n) is 16.1. The van der Waals surface area contributed by atoms with Gasteiger partial charge in [-0.05, 0) is 61.5 Å². The molecular weight excluding hydrogens is 278 g/mol. The maximum Gasteiger partial charge on any atom is 0.0441 e. The van der Waals surface area contributed by atoms with E-state index in [-0.39, 0.29) is 5.54 Å². The van der Waals surface area contributed by atoms with Crippen LogP contribution < -0.4 is 4.90 Å². The Kier molecular flexibility index (Phi) is 4.27. The molecular formula is C22H35N. The van der Waals surface area contributed by atoms with Gasteiger partial charge < -0.3 is 4.90 Å². The van der Waals surface area contributed by atoms with E-state index in [0.717, 1.165) is 0 Å². The second-order valence-corrected chi connectivity index (χ2v) is 9.38. The van der Waals surface area contributed by atoms with E-state index in [4.69, 9.17) is 0 Å². The molecule has 1 aliphatic carbocycles. The van der Waals surface area contributed by atoms with Gasteiger partial charge in [-0.15, -0.1) is 0 Å². The van der Waals surface area contributed by atoms with Crippen molar-refractivity contribution in [2.45, 2.75) is 91.0 Å². The molecule has 1 heteroatoms. The molecule has 0 aromatic heterocycles. The molecule has 1 aromatic carbocycles. The minimum atomic E-state index is 0.277. The Bertz CT molecular complexity index is 535. The first kappa shape index (κ1) is 16.9. The molecule has 0 bridgehead atoms. The molecule has 1 saturated heterocycles. The second kappa shape index (κ2) is 5.83. The Morgan fingerprint density at radius 3 is 1.91 bits per heavy atom. The Hall–Kier alpha value is -0.980. The molecule has 2 fully saturated rings. The molecule has 2 aliphatic rings. The topological polar surface area (TPSA) is 3.24 Å². The highest BCUT2D eigenvalue weighted by molar-refractivity contribution is 5.64. The fourth-order valence-electron chi connectivity index (χ4n) is 5.28. The maximum absolute atomic E-state index is 2.79. The minimum Gasteiger partial charge on any atom is -0.365 e. The zero-order valence-corrected chi connectivity index (χ0v) is 16.1. The van der Waals surface area contributed by atoms with Gasteiger partial charge in [-0.3, -0.25) is 0 Å². The van der Waals surface area contributed by atoms with Crippen molar-refractivity contribution in [1.29, 1.82) is 0 Å². The maximum atomic E-state index is 2.79. The summed E-state index contributed by atoms with van der Waals surface area (Å²) in [7, 11) is 0. The van der Waals surface area contributed by atoms with Gasteiger partial charge in [0, 0.05) is 17.8 Å². The second-order valence-electron chi connectivity index (χ2n) is 9.38. The summed E-state index contributed by atoms with van der Waals surface area (Å²) in [4.78, 5) is 2.79. The van der Waals surface area contributed by atoms with Crippen LogP contribution in [0.15, 0.2) is 18.2 Å². The number of hydrogen-bond acceptors (Lipinski definition) is 1. The van der Waals surface area contributed by atoms with Crippen LogP contribution in [0.3, 0.4) is 0 Å². The molecule has 128 valence electrons. The summed E-state index contributed by atoms with van der Waals surface area (Å²) in [6, 6.07) is 6.99. The smallest absolute Gasteiger partial charge is 0.0441 e. The van der Waals surface area contributed by atoms with E-state index < -0.39 is 0 Å². The van der Waals surface area contributed by atoms with E-state index in [0.29, 0.717) is 17.3 Å². The molecule has 0 unspecified atom stereocenters. The Balaban J connectivity index is 2.09. The zero-order chi connectivity index (χ0) is 16.8. The fourth-order valence-corrected chi connectivity index (χ4v) is 5.28. The summed E-state index contributed by atoms with van der Waals surface area (Å²) < 4.78 is 0. The Labute approximate surface area is 143 Å². The van der Waals surface area contributed by atoms with Crippen molar-refractivity contribution >= 4 is 5.69 Å². The van der Waals surface area contributed by atoms with Gasteiger partial charge in [-0.25, -0.2) is 0 Å². The molecule has 0 N–H and O–H groups in total. The normalized spacial score (nSPS) is 22.7. The van der Waals surface area contributed by atoms with Crippen LogP contribution in [-0.4, -0.2) is 12.1 Å². The van der Waals surface area contributed by atoms with Crippen LogP contribution in [0.4, 0.5) is 5.69 Å². The summed E-state index contributed by atoms with van der Waals surface area (Å²) >= 11 is 0. The summed E-state index contributed by atoms with van der Waals surface area (Å²) in [5.41, 5.74) is 5.51. The lowest BCUT2D eigenvalue weighted by Crippen LogP contribution is -2.39. The first-order valence-electron chi connectivity index (χ1n) is 9.66. The third-order valence-electron chi connectivity index (χ3n) is 6.31. The standard InChI is InChI=1S/C22H35N/c1-16(2)18-10-9-11-19(17(3)4)20(18)23-15-22(12-7-8-13-22)14-21(23,5)6/h9-11,16-17H,7-8,12-15H2,1-6H3. The van der Waals surface area contributed by atoms with Gasteiger partial charge in [0.15, 0.2) is 0 Å². The number of hydrogen-bond donors (Lipinski definition) is 0. The van der Waals surface area contributed by atoms with E-state index in [9.17, 15) is 0 Å². The molecule has 1 aliphatic heterocycles. The summed E-state index contributed by atoms with van der Waals surface area (Å²) in [5.74, 6) is 1.17. The number of anilines is 1. The molecule has 0 atom stereocenters. The van der Waals surface area contributed by atoms with Crippen molar-refractivity contribution in [3.63, 3.8) is 0 Å². The molecule has 3 rings (SSSR count). The van der Waals surface area contributed by atoms with Gasteiger partial charge in [-0.2, -0.15) is 0 Å². The first-order valence-corrected chi connectivity index (χ1v) is 9.66. The molecule has 0 radical (unpaired) electrons. The van der Waals surface area contributed by atoms with Crippen molar-refractivity contribution in [1.82, 2.24) is 0 Å². The third kappa shape index (κ3) is 2.92. The van der Waals surface area contributed by atoms with Gasteiger partial charge in [0.25, 0.3) is 0 Å². The monoisotopic (exact) mass is 313 g/mol. The van der Waals surface area contributed by atoms with Crippen molar-refractivity contribution in [2.75, 3.05) is 11.4 Å². The van der Waals surface area contributed by atoms with Gasteiger partial charge in [0.1, 0.15) is 0 Å². The average molecular weight is 314 g/mol. The highest BCUT2D eigenvalue weighted by Crippen LogP contribution is 2.54. The molecule has 1 nitrogen and oxygen atoms in total. The van der Waals surface area contributed by atoms with Crippen LogP contribution in [-0.2, 0) is 0 Å². The summed E-state index contributed by atoms with van der Waals surface area (Å²) in [6.45, 7) is 15.6. The lowest BCUT2D eigenvalue weighted by molar-refractivity contribution is 0.310. The summed E-state index contributed by atoms with van der Waals surface area (Å²) in [5, 5.41) is 0. The average Bonchev–Trinajstić information content (AvgIpc) is 3.01. The predicted octanol–water partition coefficient (Wildman–Crippen LogP) is 6.48. The first-order chi connectivity index (χ1) is 10.8. The highest BCUT2D eigenvalue weighted by atomic mass is 15.2. The van der Waals surface area contributed by atoms with Crippen LogP contribution in [0.2, 0.25) is 0 Å². The number of para-hydroxylation sites is 1. The van der Waals surface area contributed by atoms with Gasteiger partial charge >= 0.3 is 0 Å². The minimum absolute atomic E-state index is 0.277. The largest absolute Gasteiger partial charge is 0.365 e. The van der Waals surface area contributed by atoms with E-state index in [1.807, 2.05) is 0 Å². The number of nitrogens with zero attached hydrogens (tertiary/aromatic N) is 1. The molecule has 1 spiro atoms. The van der Waals surface area contributed by atoms with Gasteiger partial charge in [-0.1, -0.05) is 58.7 Å². The molecule has 1 aromatic rings. The highest BCUT2D eigenvalue weighted by Gasteiger charge is 2.50. The predicted molar refractivity (Wildman–Crippen MR) is 102 cm³/mol. The Morgan fingerprint density at radius 2 is 1.43 bits per heavy atom. The number of rotatable bonds is 3. The van der Waals surface area contributed by atoms with Crippen molar-refractivity contribution in [2.24, 2.45) is 5.41 Å².